The number of hydrogen-bond donors (Lipinski definition) is 1. The van der Waals surface area contributed by atoms with Gasteiger partial charge in [0.05, 0.1) is 24.8 Å². The van der Waals surface area contributed by atoms with Crippen LogP contribution in [0.5, 0.6) is 5.75 Å². The molecule has 1 atom stereocenters. The molecule has 0 saturated carbocycles. The van der Waals surface area contributed by atoms with Gasteiger partial charge >= 0.3 is 11.6 Å². The molecule has 2 heterocycles. The summed E-state index contributed by atoms with van der Waals surface area (Å²) in [7, 11) is -1.83. The summed E-state index contributed by atoms with van der Waals surface area (Å²) in [6, 6.07) is 2.97. The molecule has 1 saturated heterocycles. The molecule has 28 heavy (non-hydrogen) atoms. The predicted molar refractivity (Wildman–Crippen MR) is 99.7 cm³/mol. The van der Waals surface area contributed by atoms with Crippen LogP contribution in [0, 0.1) is 6.92 Å². The van der Waals surface area contributed by atoms with E-state index in [-0.39, 0.29) is 41.4 Å². The summed E-state index contributed by atoms with van der Waals surface area (Å²) in [5.74, 6) is -0.661. The highest BCUT2D eigenvalue weighted by molar-refractivity contribution is 7.91. The molecular weight excluding hydrogens is 386 g/mol. The lowest BCUT2D eigenvalue weighted by atomic mass is 9.99. The van der Waals surface area contributed by atoms with E-state index in [0.29, 0.717) is 22.9 Å². The highest BCUT2D eigenvalue weighted by atomic mass is 32.2. The van der Waals surface area contributed by atoms with E-state index < -0.39 is 27.0 Å². The highest BCUT2D eigenvalue weighted by Crippen LogP contribution is 2.28. The smallest absolute Gasteiger partial charge is 0.340 e. The van der Waals surface area contributed by atoms with E-state index >= 15 is 0 Å². The Labute approximate surface area is 162 Å². The summed E-state index contributed by atoms with van der Waals surface area (Å²) in [5.41, 5.74) is 0.0524. The molecule has 2 N–H and O–H groups in total. The van der Waals surface area contributed by atoms with Crippen LogP contribution in [0.2, 0.25) is 0 Å². The fourth-order valence-corrected chi connectivity index (χ4v) is 5.84. The van der Waals surface area contributed by atoms with Gasteiger partial charge in [-0.25, -0.2) is 13.2 Å². The second kappa shape index (κ2) is 7.21. The Bertz CT molecular complexity index is 1100. The molecule has 1 aromatic carbocycles. The van der Waals surface area contributed by atoms with Crippen molar-refractivity contribution in [1.82, 2.24) is 0 Å². The van der Waals surface area contributed by atoms with Crippen LogP contribution in [0.4, 0.5) is 0 Å². The minimum atomic E-state index is -3.07. The number of benzene rings is 1. The van der Waals surface area contributed by atoms with Crippen LogP contribution in [-0.2, 0) is 32.3 Å². The van der Waals surface area contributed by atoms with Crippen LogP contribution in [0.25, 0.3) is 11.0 Å². The summed E-state index contributed by atoms with van der Waals surface area (Å²) >= 11 is 0. The number of ether oxygens (including phenoxy) is 1. The van der Waals surface area contributed by atoms with Crippen LogP contribution in [0.15, 0.2) is 21.3 Å². The van der Waals surface area contributed by atoms with Gasteiger partial charge in [-0.3, -0.25) is 4.79 Å². The number of carbonyl (C=O) groups is 1. The Morgan fingerprint density at radius 1 is 1.36 bits per heavy atom. The van der Waals surface area contributed by atoms with E-state index in [2.05, 4.69) is 4.74 Å². The maximum atomic E-state index is 12.4. The van der Waals surface area contributed by atoms with Crippen molar-refractivity contribution >= 4 is 26.8 Å². The number of carbonyl (C=O) groups excluding carboxylic acids is 1. The maximum Gasteiger partial charge on any atom is 0.340 e. The van der Waals surface area contributed by atoms with Crippen molar-refractivity contribution in [2.75, 3.05) is 18.6 Å². The molecule has 152 valence electrons. The number of esters is 1. The third-order valence-electron chi connectivity index (χ3n) is 5.40. The number of hydrogen-bond acceptors (Lipinski definition) is 7. The van der Waals surface area contributed by atoms with Crippen molar-refractivity contribution < 1.29 is 32.8 Å². The largest absolute Gasteiger partial charge is 0.872 e. The minimum absolute atomic E-state index is 0.0468. The molecule has 1 fully saturated rings. The molecule has 0 amide bonds. The maximum absolute atomic E-state index is 12.4. The van der Waals surface area contributed by atoms with Crippen molar-refractivity contribution in [3.05, 3.63) is 39.2 Å². The van der Waals surface area contributed by atoms with Crippen LogP contribution in [0.3, 0.4) is 0 Å². The van der Waals surface area contributed by atoms with Crippen LogP contribution < -0.4 is 16.0 Å². The average molecular weight is 409 g/mol. The Morgan fingerprint density at radius 2 is 2.07 bits per heavy atom. The molecule has 3 rings (SSSR count). The molecular formula is C19H23NO7S. The lowest BCUT2D eigenvalue weighted by molar-refractivity contribution is -0.733. The van der Waals surface area contributed by atoms with Crippen molar-refractivity contribution in [3.63, 3.8) is 0 Å². The predicted octanol–water partition coefficient (Wildman–Crippen LogP) is -0.469. The highest BCUT2D eigenvalue weighted by Gasteiger charge is 2.41. The molecule has 0 radical (unpaired) electrons. The van der Waals surface area contributed by atoms with Gasteiger partial charge in [0, 0.05) is 17.4 Å². The normalized spacial score (nSPS) is 21.1. The standard InChI is InChI=1S/C19H23NO7S/c1-11-12-4-5-15(21)14(9-20-19(2)6-7-28(24,25)10-19)17(12)27-18(23)13(11)8-16(22)26-3/h4-5,20-21H,6-10H2,1-3H3. The fourth-order valence-electron chi connectivity index (χ4n) is 3.65. The second-order valence-electron chi connectivity index (χ2n) is 7.57. The Morgan fingerprint density at radius 3 is 2.68 bits per heavy atom. The molecule has 8 nitrogen and oxygen atoms in total. The molecule has 2 aromatic rings. The number of aryl methyl sites for hydroxylation is 1. The number of quaternary nitrogens is 1. The zero-order valence-corrected chi connectivity index (χ0v) is 16.9. The monoisotopic (exact) mass is 409 g/mol. The second-order valence-corrected chi connectivity index (χ2v) is 9.75. The average Bonchev–Trinajstić information content (AvgIpc) is 2.91. The van der Waals surface area contributed by atoms with E-state index in [1.54, 1.807) is 13.0 Å². The first-order chi connectivity index (χ1) is 13.1. The first-order valence-electron chi connectivity index (χ1n) is 8.92. The first kappa shape index (κ1) is 20.3. The Kier molecular flexibility index (Phi) is 5.24. The van der Waals surface area contributed by atoms with Gasteiger partial charge in [-0.05, 0) is 19.4 Å². The zero-order valence-electron chi connectivity index (χ0n) is 16.0. The van der Waals surface area contributed by atoms with Gasteiger partial charge in [-0.2, -0.15) is 0 Å². The molecule has 0 spiro atoms. The zero-order chi connectivity index (χ0) is 20.7. The molecule has 1 aliphatic rings. The SMILES string of the molecule is COC(=O)Cc1c(C)c2ccc([O-])c(C[NH2+]C3(C)CCS(=O)(=O)C3)c2oc1=O. The lowest BCUT2D eigenvalue weighted by Crippen LogP contribution is -2.95. The topological polar surface area (TPSA) is 130 Å². The van der Waals surface area contributed by atoms with Crippen molar-refractivity contribution in [2.45, 2.75) is 38.8 Å². The van der Waals surface area contributed by atoms with E-state index in [4.69, 9.17) is 4.42 Å². The van der Waals surface area contributed by atoms with Crippen LogP contribution >= 0.6 is 0 Å². The summed E-state index contributed by atoms with van der Waals surface area (Å²) in [6.07, 6.45) is 0.289. The van der Waals surface area contributed by atoms with E-state index in [9.17, 15) is 23.1 Å². The van der Waals surface area contributed by atoms with Gasteiger partial charge in [0.15, 0.2) is 9.84 Å². The van der Waals surface area contributed by atoms with Gasteiger partial charge in [0.25, 0.3) is 0 Å². The van der Waals surface area contributed by atoms with Crippen molar-refractivity contribution in [1.29, 1.82) is 0 Å². The molecule has 1 aromatic heterocycles. The fraction of sp³-hybridized carbons (Fsp3) is 0.474. The summed E-state index contributed by atoms with van der Waals surface area (Å²) < 4.78 is 33.6. The number of methoxy groups -OCH3 is 1. The third-order valence-corrected chi connectivity index (χ3v) is 7.32. The third kappa shape index (κ3) is 3.90. The van der Waals surface area contributed by atoms with E-state index in [1.807, 2.05) is 12.2 Å². The summed E-state index contributed by atoms with van der Waals surface area (Å²) in [6.45, 7) is 3.74. The molecule has 1 unspecified atom stereocenters. The van der Waals surface area contributed by atoms with Crippen molar-refractivity contribution in [2.24, 2.45) is 0 Å². The van der Waals surface area contributed by atoms with Gasteiger partial charge in [0.2, 0.25) is 0 Å². The van der Waals surface area contributed by atoms with Gasteiger partial charge in [0.1, 0.15) is 23.4 Å². The molecule has 9 heteroatoms. The van der Waals surface area contributed by atoms with Gasteiger partial charge in [-0.15, -0.1) is 0 Å². The summed E-state index contributed by atoms with van der Waals surface area (Å²) in [4.78, 5) is 24.0. The quantitative estimate of drug-likeness (QED) is 0.522. The van der Waals surface area contributed by atoms with Gasteiger partial charge in [-0.1, -0.05) is 17.9 Å². The van der Waals surface area contributed by atoms with E-state index in [1.165, 1.54) is 13.2 Å². The number of rotatable bonds is 5. The van der Waals surface area contributed by atoms with Gasteiger partial charge < -0.3 is 19.6 Å². The Hall–Kier alpha value is -2.39. The van der Waals surface area contributed by atoms with Crippen LogP contribution in [0.1, 0.15) is 30.0 Å². The van der Waals surface area contributed by atoms with Crippen molar-refractivity contribution in [3.8, 4) is 5.75 Å². The Balaban J connectivity index is 2.00. The number of fused-ring (bicyclic) bond motifs is 1. The molecule has 0 aliphatic carbocycles. The molecule has 1 aliphatic heterocycles. The lowest BCUT2D eigenvalue weighted by Gasteiger charge is -2.23. The first-order valence-corrected chi connectivity index (χ1v) is 10.7. The minimum Gasteiger partial charge on any atom is -0.872 e. The molecule has 0 bridgehead atoms. The van der Waals surface area contributed by atoms with Crippen LogP contribution in [-0.4, -0.2) is 38.5 Å². The summed E-state index contributed by atoms with van der Waals surface area (Å²) in [5, 5.41) is 14.8. The van der Waals surface area contributed by atoms with E-state index in [0.717, 1.165) is 0 Å². The number of sulfone groups is 1. The number of nitrogens with two attached hydrogens (primary N) is 1.